The lowest BCUT2D eigenvalue weighted by molar-refractivity contribution is 0.188. The van der Waals surface area contributed by atoms with Crippen molar-refractivity contribution in [3.8, 4) is 0 Å². The number of nitrogens with one attached hydrogen (secondary N) is 1. The minimum Gasteiger partial charge on any atom is -0.385 e. The number of rotatable bonds is 8. The molecule has 1 rings (SSSR count). The van der Waals surface area contributed by atoms with Crippen molar-refractivity contribution >= 4 is 11.3 Å². The summed E-state index contributed by atoms with van der Waals surface area (Å²) in [6, 6.07) is 4.94. The van der Waals surface area contributed by atoms with Crippen LogP contribution in [0.5, 0.6) is 0 Å². The Hall–Kier alpha value is -0.380. The van der Waals surface area contributed by atoms with Gasteiger partial charge in [0.05, 0.1) is 0 Å². The largest absolute Gasteiger partial charge is 0.385 e. The van der Waals surface area contributed by atoms with Gasteiger partial charge in [0.1, 0.15) is 0 Å². The second kappa shape index (κ2) is 7.85. The first kappa shape index (κ1) is 12.7. The van der Waals surface area contributed by atoms with E-state index < -0.39 is 0 Å². The number of hydrogen-bond acceptors (Lipinski definition) is 3. The van der Waals surface area contributed by atoms with Crippen LogP contribution in [0.3, 0.4) is 0 Å². The zero-order valence-electron chi connectivity index (χ0n) is 9.66. The first-order valence-corrected chi connectivity index (χ1v) is 6.49. The molecular formula is C12H21NOS. The van der Waals surface area contributed by atoms with Crippen molar-refractivity contribution in [1.82, 2.24) is 5.32 Å². The quantitative estimate of drug-likeness (QED) is 0.689. The summed E-state index contributed by atoms with van der Waals surface area (Å²) in [5, 5.41) is 5.68. The van der Waals surface area contributed by atoms with Crippen LogP contribution in [0, 0.1) is 0 Å². The molecule has 0 aliphatic carbocycles. The molecule has 0 aliphatic rings. The van der Waals surface area contributed by atoms with E-state index in [2.05, 4.69) is 29.8 Å². The molecule has 0 saturated carbocycles. The Balaban J connectivity index is 2.29. The fourth-order valence-electron chi connectivity index (χ4n) is 1.71. The van der Waals surface area contributed by atoms with Crippen molar-refractivity contribution in [2.24, 2.45) is 0 Å². The smallest absolute Gasteiger partial charge is 0.0462 e. The summed E-state index contributed by atoms with van der Waals surface area (Å²) < 4.78 is 5.08. The van der Waals surface area contributed by atoms with Crippen molar-refractivity contribution in [2.75, 3.05) is 20.3 Å². The van der Waals surface area contributed by atoms with Gasteiger partial charge in [0.15, 0.2) is 0 Å². The molecule has 1 aromatic heterocycles. The maximum Gasteiger partial charge on any atom is 0.0462 e. The first-order valence-electron chi connectivity index (χ1n) is 5.61. The fourth-order valence-corrected chi connectivity index (χ4v) is 2.50. The third-order valence-corrected chi connectivity index (χ3v) is 3.32. The van der Waals surface area contributed by atoms with Crippen LogP contribution in [0.1, 0.15) is 24.6 Å². The lowest BCUT2D eigenvalue weighted by atomic mass is 10.1. The van der Waals surface area contributed by atoms with Crippen molar-refractivity contribution < 1.29 is 4.74 Å². The number of thiophene rings is 1. The molecule has 1 N–H and O–H groups in total. The van der Waals surface area contributed by atoms with Gasteiger partial charge < -0.3 is 10.1 Å². The lowest BCUT2D eigenvalue weighted by Gasteiger charge is -2.16. The molecule has 0 aliphatic heterocycles. The Bertz CT molecular complexity index is 236. The highest BCUT2D eigenvalue weighted by atomic mass is 32.1. The average Bonchev–Trinajstić information content (AvgIpc) is 2.71. The molecule has 15 heavy (non-hydrogen) atoms. The molecule has 0 fully saturated rings. The van der Waals surface area contributed by atoms with Gasteiger partial charge in [-0.05, 0) is 37.3 Å². The van der Waals surface area contributed by atoms with Gasteiger partial charge in [-0.15, -0.1) is 11.3 Å². The maximum absolute atomic E-state index is 5.08. The molecule has 1 atom stereocenters. The van der Waals surface area contributed by atoms with Gasteiger partial charge >= 0.3 is 0 Å². The van der Waals surface area contributed by atoms with Gasteiger partial charge in [0, 0.05) is 24.6 Å². The molecule has 3 heteroatoms. The van der Waals surface area contributed by atoms with Crippen LogP contribution >= 0.6 is 11.3 Å². The molecule has 1 aromatic rings. The van der Waals surface area contributed by atoms with E-state index in [-0.39, 0.29) is 0 Å². The number of hydrogen-bond donors (Lipinski definition) is 1. The Morgan fingerprint density at radius 1 is 1.53 bits per heavy atom. The molecule has 0 saturated heterocycles. The van der Waals surface area contributed by atoms with Gasteiger partial charge in [-0.2, -0.15) is 0 Å². The van der Waals surface area contributed by atoms with E-state index in [1.807, 2.05) is 11.3 Å². The van der Waals surface area contributed by atoms with Crippen molar-refractivity contribution in [3.63, 3.8) is 0 Å². The van der Waals surface area contributed by atoms with Gasteiger partial charge in [-0.1, -0.05) is 13.0 Å². The molecule has 1 unspecified atom stereocenters. The van der Waals surface area contributed by atoms with E-state index in [1.165, 1.54) is 11.3 Å². The van der Waals surface area contributed by atoms with Gasteiger partial charge in [-0.3, -0.25) is 0 Å². The Kier molecular flexibility index (Phi) is 6.64. The third kappa shape index (κ3) is 5.30. The summed E-state index contributed by atoms with van der Waals surface area (Å²) in [6.07, 6.45) is 3.48. The molecule has 1 heterocycles. The Labute approximate surface area is 96.7 Å². The predicted octanol–water partition coefficient (Wildman–Crippen LogP) is 2.70. The Morgan fingerprint density at radius 3 is 3.00 bits per heavy atom. The van der Waals surface area contributed by atoms with Crippen LogP contribution in [0.2, 0.25) is 0 Å². The number of likely N-dealkylation sites (N-methyl/N-ethyl adjacent to an activating group) is 1. The monoisotopic (exact) mass is 227 g/mol. The fraction of sp³-hybridized carbons (Fsp3) is 0.667. The number of methoxy groups -OCH3 is 1. The van der Waals surface area contributed by atoms with Crippen molar-refractivity contribution in [2.45, 2.75) is 32.2 Å². The van der Waals surface area contributed by atoms with E-state index in [4.69, 9.17) is 4.74 Å². The van der Waals surface area contributed by atoms with Crippen LogP contribution in [-0.2, 0) is 11.2 Å². The highest BCUT2D eigenvalue weighted by Gasteiger charge is 2.08. The zero-order chi connectivity index (χ0) is 10.9. The summed E-state index contributed by atoms with van der Waals surface area (Å²) in [5.74, 6) is 0. The van der Waals surface area contributed by atoms with E-state index in [0.717, 1.165) is 26.0 Å². The summed E-state index contributed by atoms with van der Waals surface area (Å²) in [7, 11) is 1.77. The standard InChI is InChI=1S/C12H21NOS/c1-3-13-11(6-4-8-14-2)10-12-7-5-9-15-12/h5,7,9,11,13H,3-4,6,8,10H2,1-2H3. The van der Waals surface area contributed by atoms with Gasteiger partial charge in [0.25, 0.3) is 0 Å². The lowest BCUT2D eigenvalue weighted by Crippen LogP contribution is -2.30. The minimum absolute atomic E-state index is 0.601. The normalized spacial score (nSPS) is 12.9. The molecule has 0 bridgehead atoms. The second-order valence-corrected chi connectivity index (χ2v) is 4.71. The van der Waals surface area contributed by atoms with Crippen LogP contribution in [0.25, 0.3) is 0 Å². The second-order valence-electron chi connectivity index (χ2n) is 3.67. The molecule has 86 valence electrons. The van der Waals surface area contributed by atoms with Crippen LogP contribution < -0.4 is 5.32 Å². The van der Waals surface area contributed by atoms with Crippen LogP contribution in [-0.4, -0.2) is 26.3 Å². The van der Waals surface area contributed by atoms with Gasteiger partial charge in [-0.25, -0.2) is 0 Å². The molecule has 0 radical (unpaired) electrons. The summed E-state index contributed by atoms with van der Waals surface area (Å²) in [6.45, 7) is 4.08. The van der Waals surface area contributed by atoms with E-state index in [9.17, 15) is 0 Å². The highest BCUT2D eigenvalue weighted by Crippen LogP contribution is 2.13. The minimum atomic E-state index is 0.601. The summed E-state index contributed by atoms with van der Waals surface area (Å²) in [5.41, 5.74) is 0. The average molecular weight is 227 g/mol. The topological polar surface area (TPSA) is 21.3 Å². The molecule has 0 aromatic carbocycles. The predicted molar refractivity (Wildman–Crippen MR) is 66.6 cm³/mol. The third-order valence-electron chi connectivity index (χ3n) is 2.42. The number of ether oxygens (including phenoxy) is 1. The molecule has 0 amide bonds. The summed E-state index contributed by atoms with van der Waals surface area (Å²) in [4.78, 5) is 1.47. The molecule has 0 spiro atoms. The van der Waals surface area contributed by atoms with E-state index >= 15 is 0 Å². The van der Waals surface area contributed by atoms with Gasteiger partial charge in [0.2, 0.25) is 0 Å². The van der Waals surface area contributed by atoms with E-state index in [0.29, 0.717) is 6.04 Å². The molecular weight excluding hydrogens is 206 g/mol. The van der Waals surface area contributed by atoms with E-state index in [1.54, 1.807) is 7.11 Å². The first-order chi connectivity index (χ1) is 7.36. The van der Waals surface area contributed by atoms with Crippen LogP contribution in [0.15, 0.2) is 17.5 Å². The van der Waals surface area contributed by atoms with Crippen molar-refractivity contribution in [3.05, 3.63) is 22.4 Å². The highest BCUT2D eigenvalue weighted by molar-refractivity contribution is 7.09. The zero-order valence-corrected chi connectivity index (χ0v) is 10.5. The molecule has 2 nitrogen and oxygen atoms in total. The maximum atomic E-state index is 5.08. The SMILES string of the molecule is CCNC(CCCOC)Cc1cccs1. The van der Waals surface area contributed by atoms with Crippen molar-refractivity contribution in [1.29, 1.82) is 0 Å². The Morgan fingerprint density at radius 2 is 2.40 bits per heavy atom. The summed E-state index contributed by atoms with van der Waals surface area (Å²) >= 11 is 1.85. The van der Waals surface area contributed by atoms with Crippen LogP contribution in [0.4, 0.5) is 0 Å².